The van der Waals surface area contributed by atoms with Gasteiger partial charge in [0, 0.05) is 6.42 Å². The summed E-state index contributed by atoms with van der Waals surface area (Å²) in [5.41, 5.74) is -2.05. The Hall–Kier alpha value is -0.160. The highest BCUT2D eigenvalue weighted by molar-refractivity contribution is 5.10. The van der Waals surface area contributed by atoms with Crippen molar-refractivity contribution in [2.45, 2.75) is 51.1 Å². The third kappa shape index (κ3) is 1.59. The van der Waals surface area contributed by atoms with Crippen LogP contribution < -0.4 is 0 Å². The molecular weight excluding hydrogens is 172 g/mol. The molecule has 1 saturated carbocycles. The fourth-order valence-electron chi connectivity index (χ4n) is 1.76. The molecule has 0 saturated heterocycles. The smallest absolute Gasteiger partial charge is 0.122 e. The van der Waals surface area contributed by atoms with Gasteiger partial charge in [0.25, 0.3) is 0 Å². The summed E-state index contributed by atoms with van der Waals surface area (Å²) in [6, 6.07) is 0. The summed E-state index contributed by atoms with van der Waals surface area (Å²) in [7, 11) is 0. The second kappa shape index (κ2) is 2.92. The van der Waals surface area contributed by atoms with Crippen molar-refractivity contribution in [2.75, 3.05) is 0 Å². The Morgan fingerprint density at radius 2 is 1.77 bits per heavy atom. The fraction of sp³-hybridized carbons (Fsp3) is 1.00. The van der Waals surface area contributed by atoms with Crippen LogP contribution in [0.5, 0.6) is 0 Å². The second-order valence-corrected chi connectivity index (χ2v) is 4.98. The van der Waals surface area contributed by atoms with Gasteiger partial charge in [0.2, 0.25) is 0 Å². The van der Waals surface area contributed by atoms with Crippen molar-refractivity contribution in [3.63, 3.8) is 0 Å². The molecule has 0 aliphatic heterocycles. The zero-order chi connectivity index (χ0) is 10.4. The van der Waals surface area contributed by atoms with E-state index in [-0.39, 0.29) is 6.42 Å². The van der Waals surface area contributed by atoms with Crippen LogP contribution >= 0.6 is 0 Å². The quantitative estimate of drug-likeness (QED) is 0.438. The normalized spacial score (nSPS) is 42.7. The minimum Gasteiger partial charge on any atom is -0.390 e. The van der Waals surface area contributed by atoms with Crippen molar-refractivity contribution in [2.24, 2.45) is 5.41 Å². The molecule has 78 valence electrons. The van der Waals surface area contributed by atoms with Gasteiger partial charge in [-0.2, -0.15) is 0 Å². The number of hydrogen-bond donors (Lipinski definition) is 4. The molecule has 1 fully saturated rings. The molecule has 4 atom stereocenters. The molecule has 0 amide bonds. The van der Waals surface area contributed by atoms with E-state index in [4.69, 9.17) is 5.11 Å². The third-order valence-corrected chi connectivity index (χ3v) is 2.71. The maximum absolute atomic E-state index is 9.79. The van der Waals surface area contributed by atoms with Crippen molar-refractivity contribution in [3.8, 4) is 0 Å². The average Bonchev–Trinajstić information content (AvgIpc) is 2.01. The van der Waals surface area contributed by atoms with E-state index in [1.807, 2.05) is 0 Å². The molecule has 1 aliphatic carbocycles. The Morgan fingerprint density at radius 3 is 2.00 bits per heavy atom. The van der Waals surface area contributed by atoms with Crippen LogP contribution in [-0.2, 0) is 0 Å². The highest BCUT2D eigenvalue weighted by atomic mass is 16.4. The molecule has 13 heavy (non-hydrogen) atoms. The SMILES string of the molecule is CC(C)(C)[C@H](O)C1(O)C[C@@H](O)C1O. The zero-order valence-corrected chi connectivity index (χ0v) is 8.23. The maximum Gasteiger partial charge on any atom is 0.122 e. The first-order valence-corrected chi connectivity index (χ1v) is 4.46. The first kappa shape index (κ1) is 10.9. The number of hydrogen-bond acceptors (Lipinski definition) is 4. The Morgan fingerprint density at radius 1 is 1.31 bits per heavy atom. The van der Waals surface area contributed by atoms with Gasteiger partial charge in [0.1, 0.15) is 11.7 Å². The summed E-state index contributed by atoms with van der Waals surface area (Å²) in [5, 5.41) is 37.9. The summed E-state index contributed by atoms with van der Waals surface area (Å²) in [6.45, 7) is 5.31. The molecule has 0 radical (unpaired) electrons. The van der Waals surface area contributed by atoms with Crippen LogP contribution in [0.15, 0.2) is 0 Å². The third-order valence-electron chi connectivity index (χ3n) is 2.71. The largest absolute Gasteiger partial charge is 0.390 e. The Balaban J connectivity index is 2.73. The minimum atomic E-state index is -1.54. The van der Waals surface area contributed by atoms with Gasteiger partial charge in [-0.25, -0.2) is 0 Å². The zero-order valence-electron chi connectivity index (χ0n) is 8.23. The standard InChI is InChI=1S/C9H18O4/c1-8(2,3)7(12)9(13)4-5(10)6(9)11/h5-7,10-13H,4H2,1-3H3/t5-,6?,7+,9?/m1/s1. The van der Waals surface area contributed by atoms with Crippen molar-refractivity contribution >= 4 is 0 Å². The van der Waals surface area contributed by atoms with Gasteiger partial charge < -0.3 is 20.4 Å². The van der Waals surface area contributed by atoms with E-state index in [2.05, 4.69) is 0 Å². The number of rotatable bonds is 1. The molecule has 2 unspecified atom stereocenters. The van der Waals surface area contributed by atoms with Gasteiger partial charge in [0.05, 0.1) is 12.2 Å². The van der Waals surface area contributed by atoms with Crippen molar-refractivity contribution in [1.29, 1.82) is 0 Å². The average molecular weight is 190 g/mol. The summed E-state index contributed by atoms with van der Waals surface area (Å²) >= 11 is 0. The Kier molecular flexibility index (Phi) is 2.45. The predicted molar refractivity (Wildman–Crippen MR) is 47.0 cm³/mol. The number of aliphatic hydroxyl groups is 4. The minimum absolute atomic E-state index is 0.0343. The first-order valence-electron chi connectivity index (χ1n) is 4.46. The van der Waals surface area contributed by atoms with Crippen LogP contribution in [0, 0.1) is 5.41 Å². The molecule has 1 rings (SSSR count). The van der Waals surface area contributed by atoms with E-state index < -0.39 is 29.3 Å². The molecular formula is C9H18O4. The molecule has 0 aromatic heterocycles. The van der Waals surface area contributed by atoms with Crippen LogP contribution in [0.4, 0.5) is 0 Å². The van der Waals surface area contributed by atoms with Crippen molar-refractivity contribution in [3.05, 3.63) is 0 Å². The molecule has 0 aromatic carbocycles. The summed E-state index contributed by atoms with van der Waals surface area (Å²) in [5.74, 6) is 0. The fourth-order valence-corrected chi connectivity index (χ4v) is 1.76. The number of aliphatic hydroxyl groups excluding tert-OH is 3. The van der Waals surface area contributed by atoms with Gasteiger partial charge in [0.15, 0.2) is 0 Å². The van der Waals surface area contributed by atoms with Crippen LogP contribution in [0.2, 0.25) is 0 Å². The molecule has 4 heteroatoms. The molecule has 4 N–H and O–H groups in total. The highest BCUT2D eigenvalue weighted by Crippen LogP contribution is 2.41. The van der Waals surface area contributed by atoms with Gasteiger partial charge in [-0.15, -0.1) is 0 Å². The van der Waals surface area contributed by atoms with Crippen LogP contribution in [0.25, 0.3) is 0 Å². The summed E-state index contributed by atoms with van der Waals surface area (Å²) in [4.78, 5) is 0. The van der Waals surface area contributed by atoms with E-state index >= 15 is 0 Å². The molecule has 1 aliphatic rings. The summed E-state index contributed by atoms with van der Waals surface area (Å²) < 4.78 is 0. The predicted octanol–water partition coefficient (Wildman–Crippen LogP) is -0.750. The lowest BCUT2D eigenvalue weighted by Crippen LogP contribution is -2.69. The molecule has 0 spiro atoms. The van der Waals surface area contributed by atoms with Gasteiger partial charge in [-0.3, -0.25) is 0 Å². The molecule has 0 bridgehead atoms. The lowest BCUT2D eigenvalue weighted by Gasteiger charge is -2.52. The lowest BCUT2D eigenvalue weighted by molar-refractivity contribution is -0.269. The van der Waals surface area contributed by atoms with Crippen LogP contribution in [-0.4, -0.2) is 44.3 Å². The van der Waals surface area contributed by atoms with E-state index in [0.29, 0.717) is 0 Å². The monoisotopic (exact) mass is 190 g/mol. The second-order valence-electron chi connectivity index (χ2n) is 4.98. The molecule has 4 nitrogen and oxygen atoms in total. The van der Waals surface area contributed by atoms with Gasteiger partial charge in [-0.05, 0) is 5.41 Å². The molecule has 0 aromatic rings. The molecule has 0 heterocycles. The van der Waals surface area contributed by atoms with E-state index in [1.54, 1.807) is 20.8 Å². The van der Waals surface area contributed by atoms with E-state index in [9.17, 15) is 15.3 Å². The maximum atomic E-state index is 9.79. The highest BCUT2D eigenvalue weighted by Gasteiger charge is 2.58. The van der Waals surface area contributed by atoms with Crippen LogP contribution in [0.3, 0.4) is 0 Å². The first-order chi connectivity index (χ1) is 5.69. The van der Waals surface area contributed by atoms with E-state index in [0.717, 1.165) is 0 Å². The van der Waals surface area contributed by atoms with Crippen molar-refractivity contribution < 1.29 is 20.4 Å². The van der Waals surface area contributed by atoms with Crippen LogP contribution in [0.1, 0.15) is 27.2 Å². The van der Waals surface area contributed by atoms with Crippen molar-refractivity contribution in [1.82, 2.24) is 0 Å². The van der Waals surface area contributed by atoms with Gasteiger partial charge >= 0.3 is 0 Å². The topological polar surface area (TPSA) is 80.9 Å². The Labute approximate surface area is 77.8 Å². The Bertz CT molecular complexity index is 198. The lowest BCUT2D eigenvalue weighted by atomic mass is 9.64. The summed E-state index contributed by atoms with van der Waals surface area (Å²) in [6.07, 6.45) is -3.14. The van der Waals surface area contributed by atoms with E-state index in [1.165, 1.54) is 0 Å². The van der Waals surface area contributed by atoms with Gasteiger partial charge in [-0.1, -0.05) is 20.8 Å².